The summed E-state index contributed by atoms with van der Waals surface area (Å²) in [6.45, 7) is 7.36. The molecule has 4 fully saturated rings. The molecule has 3 aromatic rings. The Morgan fingerprint density at radius 1 is 0.966 bits per heavy atom. The molecule has 0 radical (unpaired) electrons. The minimum Gasteiger partial charge on any atom is -0.454 e. The molecule has 0 atom stereocenters. The summed E-state index contributed by atoms with van der Waals surface area (Å²) in [5.74, 6) is 3.59. The van der Waals surface area contributed by atoms with E-state index in [0.717, 1.165) is 35.1 Å². The molecular formula is C26H31NOS. The van der Waals surface area contributed by atoms with E-state index in [-0.39, 0.29) is 5.54 Å². The third-order valence-electron chi connectivity index (χ3n) is 8.33. The number of benzene rings is 1. The molecule has 4 saturated carbocycles. The van der Waals surface area contributed by atoms with Crippen molar-refractivity contribution in [2.75, 3.05) is 4.90 Å². The van der Waals surface area contributed by atoms with Crippen LogP contribution in [0.5, 0.6) is 0 Å². The van der Waals surface area contributed by atoms with Crippen LogP contribution in [-0.4, -0.2) is 0 Å². The van der Waals surface area contributed by atoms with Gasteiger partial charge in [-0.05, 0) is 80.4 Å². The second-order valence-corrected chi connectivity index (χ2v) is 10.6. The summed E-state index contributed by atoms with van der Waals surface area (Å²) < 4.78 is 5.87. The monoisotopic (exact) mass is 405 g/mol. The summed E-state index contributed by atoms with van der Waals surface area (Å²) in [4.78, 5) is 5.57. The number of nitrogens with zero attached hydrogens (tertiary/aromatic N) is 1. The largest absolute Gasteiger partial charge is 0.454 e. The third kappa shape index (κ3) is 2.23. The normalized spacial score (nSPS) is 34.0. The summed E-state index contributed by atoms with van der Waals surface area (Å²) in [7, 11) is 0. The molecule has 8 rings (SSSR count). The molecular weight excluding hydrogens is 374 g/mol. The fourth-order valence-corrected chi connectivity index (χ4v) is 8.91. The fourth-order valence-electron chi connectivity index (χ4n) is 7.74. The van der Waals surface area contributed by atoms with Crippen LogP contribution in [0, 0.1) is 30.6 Å². The van der Waals surface area contributed by atoms with E-state index in [2.05, 4.69) is 42.2 Å². The Kier molecular flexibility index (Phi) is 3.97. The van der Waals surface area contributed by atoms with Crippen molar-refractivity contribution in [1.82, 2.24) is 0 Å². The number of furan rings is 1. The van der Waals surface area contributed by atoms with Crippen molar-refractivity contribution >= 4 is 27.3 Å². The molecule has 152 valence electrons. The first-order chi connectivity index (χ1) is 14.2. The van der Waals surface area contributed by atoms with Crippen molar-refractivity contribution in [3.8, 4) is 0 Å². The van der Waals surface area contributed by atoms with Crippen LogP contribution in [0.25, 0.3) is 10.3 Å². The summed E-state index contributed by atoms with van der Waals surface area (Å²) in [5, 5.41) is 1.42. The predicted molar refractivity (Wildman–Crippen MR) is 122 cm³/mol. The maximum absolute atomic E-state index is 5.87. The van der Waals surface area contributed by atoms with Crippen LogP contribution in [-0.2, 0) is 12.1 Å². The zero-order chi connectivity index (χ0) is 19.8. The maximum atomic E-state index is 5.87. The van der Waals surface area contributed by atoms with Crippen molar-refractivity contribution in [2.24, 2.45) is 23.7 Å². The molecule has 1 aliphatic heterocycles. The summed E-state index contributed by atoms with van der Waals surface area (Å²) >= 11 is 1.91. The number of fused-ring (bicyclic) bond motifs is 3. The van der Waals surface area contributed by atoms with Gasteiger partial charge in [-0.3, -0.25) is 0 Å². The molecule has 2 aromatic heterocycles. The zero-order valence-corrected chi connectivity index (χ0v) is 18.6. The van der Waals surface area contributed by atoms with Crippen molar-refractivity contribution in [1.29, 1.82) is 0 Å². The van der Waals surface area contributed by atoms with Gasteiger partial charge >= 0.3 is 0 Å². The molecule has 0 saturated heterocycles. The van der Waals surface area contributed by atoms with Crippen molar-refractivity contribution in [3.63, 3.8) is 0 Å². The van der Waals surface area contributed by atoms with Gasteiger partial charge in [0.15, 0.2) is 4.90 Å². The smallest absolute Gasteiger partial charge is 0.188 e. The highest BCUT2D eigenvalue weighted by molar-refractivity contribution is 7.18. The van der Waals surface area contributed by atoms with Gasteiger partial charge in [0.1, 0.15) is 0 Å². The SMILES string of the molecule is CC.Cc1ccccc1N1Cc2sc3occc3c2C12C1CC3CC(C1)CC2C3. The summed E-state index contributed by atoms with van der Waals surface area (Å²) in [6, 6.07) is 11.3. The minimum absolute atomic E-state index is 0.205. The molecule has 1 spiro atoms. The first-order valence-corrected chi connectivity index (χ1v) is 12.4. The molecule has 1 aromatic carbocycles. The Labute approximate surface area is 177 Å². The van der Waals surface area contributed by atoms with Crippen molar-refractivity contribution in [2.45, 2.75) is 65.0 Å². The van der Waals surface area contributed by atoms with Gasteiger partial charge < -0.3 is 9.32 Å². The molecule has 4 bridgehead atoms. The summed E-state index contributed by atoms with van der Waals surface area (Å²) in [6.07, 6.45) is 9.15. The highest BCUT2D eigenvalue weighted by Crippen LogP contribution is 2.68. The molecule has 4 aliphatic carbocycles. The summed E-state index contributed by atoms with van der Waals surface area (Å²) in [5.41, 5.74) is 4.75. The fraction of sp³-hybridized carbons (Fsp3) is 0.538. The van der Waals surface area contributed by atoms with Gasteiger partial charge in [-0.2, -0.15) is 0 Å². The Bertz CT molecular complexity index is 1030. The Hall–Kier alpha value is -1.74. The maximum Gasteiger partial charge on any atom is 0.188 e. The molecule has 2 nitrogen and oxygen atoms in total. The van der Waals surface area contributed by atoms with E-state index < -0.39 is 0 Å². The van der Waals surface area contributed by atoms with Crippen LogP contribution in [0.15, 0.2) is 41.0 Å². The molecule has 0 unspecified atom stereocenters. The Morgan fingerprint density at radius 2 is 1.66 bits per heavy atom. The van der Waals surface area contributed by atoms with Gasteiger partial charge in [0, 0.05) is 21.5 Å². The van der Waals surface area contributed by atoms with Crippen molar-refractivity contribution < 1.29 is 4.42 Å². The Morgan fingerprint density at radius 3 is 2.34 bits per heavy atom. The van der Waals surface area contributed by atoms with Crippen LogP contribution >= 0.6 is 11.3 Å². The van der Waals surface area contributed by atoms with Gasteiger partial charge in [0.05, 0.1) is 18.3 Å². The molecule has 3 heterocycles. The van der Waals surface area contributed by atoms with E-state index in [4.69, 9.17) is 4.42 Å². The predicted octanol–water partition coefficient (Wildman–Crippen LogP) is 7.50. The van der Waals surface area contributed by atoms with Crippen LogP contribution in [0.4, 0.5) is 5.69 Å². The lowest BCUT2D eigenvalue weighted by atomic mass is 9.47. The highest BCUT2D eigenvalue weighted by atomic mass is 32.1. The number of para-hydroxylation sites is 1. The van der Waals surface area contributed by atoms with E-state index in [9.17, 15) is 0 Å². The number of hydrogen-bond donors (Lipinski definition) is 0. The second-order valence-electron chi connectivity index (χ2n) is 9.52. The number of hydrogen-bond acceptors (Lipinski definition) is 3. The van der Waals surface area contributed by atoms with Gasteiger partial charge in [0.25, 0.3) is 0 Å². The number of aryl methyl sites for hydroxylation is 1. The van der Waals surface area contributed by atoms with Crippen LogP contribution < -0.4 is 4.90 Å². The van der Waals surface area contributed by atoms with Crippen molar-refractivity contribution in [3.05, 3.63) is 52.6 Å². The van der Waals surface area contributed by atoms with Gasteiger partial charge in [-0.1, -0.05) is 32.0 Å². The van der Waals surface area contributed by atoms with E-state index in [1.807, 2.05) is 31.4 Å². The van der Waals surface area contributed by atoms with E-state index in [0.29, 0.717) is 0 Å². The lowest BCUT2D eigenvalue weighted by Crippen LogP contribution is -2.61. The second kappa shape index (κ2) is 6.38. The average molecular weight is 406 g/mol. The first kappa shape index (κ1) is 18.1. The molecule has 0 amide bonds. The van der Waals surface area contributed by atoms with Crippen LogP contribution in [0.2, 0.25) is 0 Å². The topological polar surface area (TPSA) is 16.4 Å². The third-order valence-corrected chi connectivity index (χ3v) is 9.41. The molecule has 0 N–H and O–H groups in total. The van der Waals surface area contributed by atoms with E-state index in [1.54, 1.807) is 10.4 Å². The van der Waals surface area contributed by atoms with E-state index >= 15 is 0 Å². The molecule has 5 aliphatic rings. The van der Waals surface area contributed by atoms with Crippen LogP contribution in [0.3, 0.4) is 0 Å². The lowest BCUT2D eigenvalue weighted by Gasteiger charge is -2.63. The quantitative estimate of drug-likeness (QED) is 0.417. The average Bonchev–Trinajstić information content (AvgIpc) is 3.38. The number of thiophene rings is 1. The van der Waals surface area contributed by atoms with Gasteiger partial charge in [-0.25, -0.2) is 0 Å². The number of rotatable bonds is 1. The minimum atomic E-state index is 0.205. The lowest BCUT2D eigenvalue weighted by molar-refractivity contribution is -0.0581. The van der Waals surface area contributed by atoms with E-state index in [1.165, 1.54) is 48.7 Å². The molecule has 29 heavy (non-hydrogen) atoms. The van der Waals surface area contributed by atoms with Crippen LogP contribution in [0.1, 0.15) is 62.0 Å². The highest BCUT2D eigenvalue weighted by Gasteiger charge is 2.64. The standard InChI is InChI=1S/C24H25NOS.C2H6/c1-14-4-2-3-5-20(14)25-13-21-22(19-6-7-26-23(19)27-21)24(25)17-9-15-8-16(11-17)12-18(24)10-15;1-2/h2-7,15-18H,8-13H2,1H3;1-2H3. The Balaban J connectivity index is 0.000000803. The first-order valence-electron chi connectivity index (χ1n) is 11.6. The molecule has 3 heteroatoms. The number of anilines is 1. The van der Waals surface area contributed by atoms with Gasteiger partial charge in [-0.15, -0.1) is 11.3 Å². The zero-order valence-electron chi connectivity index (χ0n) is 17.8. The van der Waals surface area contributed by atoms with Gasteiger partial charge in [0.2, 0.25) is 0 Å².